The Labute approximate surface area is 139 Å². The number of nitrogens with zero attached hydrogens (tertiary/aromatic N) is 5. The highest BCUT2D eigenvalue weighted by molar-refractivity contribution is 7.71. The second kappa shape index (κ2) is 6.21. The van der Waals surface area contributed by atoms with Gasteiger partial charge in [-0.2, -0.15) is 14.9 Å². The number of H-pyrrole nitrogens is 1. The van der Waals surface area contributed by atoms with Gasteiger partial charge in [0, 0.05) is 38.6 Å². The average Bonchev–Trinajstić information content (AvgIpc) is 3.11. The van der Waals surface area contributed by atoms with Gasteiger partial charge >= 0.3 is 0 Å². The zero-order valence-corrected chi connectivity index (χ0v) is 14.1. The van der Waals surface area contributed by atoms with Gasteiger partial charge in [0.25, 0.3) is 0 Å². The van der Waals surface area contributed by atoms with Gasteiger partial charge in [0.1, 0.15) is 0 Å². The third-order valence-electron chi connectivity index (χ3n) is 3.58. The molecule has 2 aromatic heterocycles. The normalized spacial score (nSPS) is 11.3. The lowest BCUT2D eigenvalue weighted by atomic mass is 10.2. The molecule has 0 unspecified atom stereocenters. The van der Waals surface area contributed by atoms with E-state index < -0.39 is 0 Å². The van der Waals surface area contributed by atoms with Crippen molar-refractivity contribution in [1.82, 2.24) is 19.4 Å². The van der Waals surface area contributed by atoms with Crippen LogP contribution in [0.5, 0.6) is 0 Å². The van der Waals surface area contributed by atoms with Crippen molar-refractivity contribution in [3.05, 3.63) is 53.1 Å². The Morgan fingerprint density at radius 1 is 1.22 bits per heavy atom. The van der Waals surface area contributed by atoms with E-state index in [1.165, 1.54) is 0 Å². The molecule has 0 atom stereocenters. The monoisotopic (exact) mass is 326 g/mol. The van der Waals surface area contributed by atoms with Crippen molar-refractivity contribution < 1.29 is 0 Å². The van der Waals surface area contributed by atoms with E-state index in [4.69, 9.17) is 12.2 Å². The summed E-state index contributed by atoms with van der Waals surface area (Å²) in [7, 11) is 5.99. The zero-order chi connectivity index (χ0) is 16.4. The standard InChI is InChI=1S/C16H18N6S/c1-20(2)13-8-6-12(7-9-13)15-18-19-16(23)22(15)17-11-14-5-4-10-21(14)3/h4-11H,1-3H3,(H,19,23)/b17-11+. The Morgan fingerprint density at radius 2 is 1.96 bits per heavy atom. The number of aryl methyl sites for hydroxylation is 1. The fourth-order valence-electron chi connectivity index (χ4n) is 2.22. The van der Waals surface area contributed by atoms with E-state index >= 15 is 0 Å². The molecule has 6 nitrogen and oxygen atoms in total. The number of rotatable bonds is 4. The first kappa shape index (κ1) is 15.2. The molecule has 0 bridgehead atoms. The molecule has 0 aliphatic heterocycles. The number of anilines is 1. The summed E-state index contributed by atoms with van der Waals surface area (Å²) in [6, 6.07) is 12.1. The van der Waals surface area contributed by atoms with Crippen LogP contribution >= 0.6 is 12.2 Å². The van der Waals surface area contributed by atoms with E-state index in [9.17, 15) is 0 Å². The van der Waals surface area contributed by atoms with Crippen molar-refractivity contribution in [2.45, 2.75) is 0 Å². The summed E-state index contributed by atoms with van der Waals surface area (Å²) >= 11 is 5.28. The van der Waals surface area contributed by atoms with Crippen molar-refractivity contribution in [3.8, 4) is 11.4 Å². The van der Waals surface area contributed by atoms with Crippen molar-refractivity contribution in [1.29, 1.82) is 0 Å². The first-order chi connectivity index (χ1) is 11.1. The van der Waals surface area contributed by atoms with Crippen LogP contribution in [0.2, 0.25) is 0 Å². The summed E-state index contributed by atoms with van der Waals surface area (Å²) in [5.74, 6) is 0.686. The van der Waals surface area contributed by atoms with Crippen LogP contribution in [0.1, 0.15) is 5.69 Å². The molecular weight excluding hydrogens is 308 g/mol. The number of benzene rings is 1. The summed E-state index contributed by atoms with van der Waals surface area (Å²) in [6.07, 6.45) is 3.74. The van der Waals surface area contributed by atoms with Crippen LogP contribution in [0.4, 0.5) is 5.69 Å². The second-order valence-corrected chi connectivity index (χ2v) is 5.78. The first-order valence-electron chi connectivity index (χ1n) is 7.17. The van der Waals surface area contributed by atoms with Gasteiger partial charge < -0.3 is 9.47 Å². The summed E-state index contributed by atoms with van der Waals surface area (Å²) in [5.41, 5.74) is 3.07. The molecule has 1 aromatic carbocycles. The molecule has 7 heteroatoms. The first-order valence-corrected chi connectivity index (χ1v) is 7.58. The van der Waals surface area contributed by atoms with Crippen LogP contribution in [0.25, 0.3) is 11.4 Å². The second-order valence-electron chi connectivity index (χ2n) is 5.39. The summed E-state index contributed by atoms with van der Waals surface area (Å²) < 4.78 is 4.08. The molecule has 0 saturated carbocycles. The van der Waals surface area contributed by atoms with Crippen molar-refractivity contribution in [2.24, 2.45) is 12.1 Å². The predicted molar refractivity (Wildman–Crippen MR) is 95.6 cm³/mol. The summed E-state index contributed by atoms with van der Waals surface area (Å²) in [6.45, 7) is 0. The van der Waals surface area contributed by atoms with Gasteiger partial charge in [-0.15, -0.1) is 0 Å². The Morgan fingerprint density at radius 3 is 2.57 bits per heavy atom. The van der Waals surface area contributed by atoms with Crippen molar-refractivity contribution >= 4 is 24.1 Å². The minimum Gasteiger partial charge on any atom is -0.378 e. The van der Waals surface area contributed by atoms with Gasteiger partial charge in [-0.1, -0.05) is 0 Å². The fourth-order valence-corrected chi connectivity index (χ4v) is 2.40. The van der Waals surface area contributed by atoms with Crippen LogP contribution < -0.4 is 4.90 Å². The Bertz CT molecular complexity index is 882. The van der Waals surface area contributed by atoms with Gasteiger partial charge in [-0.3, -0.25) is 0 Å². The van der Waals surface area contributed by atoms with Gasteiger partial charge in [0.05, 0.1) is 11.9 Å². The van der Waals surface area contributed by atoms with Gasteiger partial charge in [0.2, 0.25) is 4.77 Å². The maximum Gasteiger partial charge on any atom is 0.216 e. The lowest BCUT2D eigenvalue weighted by molar-refractivity contribution is 0.862. The molecular formula is C16H18N6S. The van der Waals surface area contributed by atoms with E-state index in [1.807, 2.05) is 68.3 Å². The number of hydrogen-bond acceptors (Lipinski definition) is 4. The highest BCUT2D eigenvalue weighted by Gasteiger charge is 2.08. The van der Waals surface area contributed by atoms with Crippen LogP contribution in [-0.4, -0.2) is 39.8 Å². The SMILES string of the molecule is CN(C)c1ccc(-c2n[nH]c(=S)n2/N=C/c2cccn2C)cc1. The molecule has 2 heterocycles. The largest absolute Gasteiger partial charge is 0.378 e. The van der Waals surface area contributed by atoms with E-state index in [2.05, 4.69) is 20.2 Å². The van der Waals surface area contributed by atoms with Gasteiger partial charge in [0.15, 0.2) is 5.82 Å². The molecule has 1 N–H and O–H groups in total. The Balaban J connectivity index is 1.97. The number of hydrogen-bond donors (Lipinski definition) is 1. The van der Waals surface area contributed by atoms with Crippen molar-refractivity contribution in [2.75, 3.05) is 19.0 Å². The molecule has 23 heavy (non-hydrogen) atoms. The molecule has 0 aliphatic carbocycles. The zero-order valence-electron chi connectivity index (χ0n) is 13.3. The Hall–Kier alpha value is -2.67. The maximum atomic E-state index is 5.28. The van der Waals surface area contributed by atoms with Crippen LogP contribution in [0, 0.1) is 4.77 Å². The third-order valence-corrected chi connectivity index (χ3v) is 3.85. The molecule has 0 aliphatic rings. The van der Waals surface area contributed by atoms with E-state index in [0.717, 1.165) is 16.9 Å². The highest BCUT2D eigenvalue weighted by atomic mass is 32.1. The minimum atomic E-state index is 0.460. The van der Waals surface area contributed by atoms with Gasteiger partial charge in [-0.05, 0) is 48.6 Å². The molecule has 0 saturated heterocycles. The quantitative estimate of drug-likeness (QED) is 0.592. The maximum absolute atomic E-state index is 5.28. The topological polar surface area (TPSA) is 54.1 Å². The third kappa shape index (κ3) is 3.09. The molecule has 3 rings (SSSR count). The number of aromatic amines is 1. The van der Waals surface area contributed by atoms with E-state index in [0.29, 0.717) is 10.6 Å². The molecule has 0 radical (unpaired) electrons. The van der Waals surface area contributed by atoms with E-state index in [1.54, 1.807) is 10.9 Å². The van der Waals surface area contributed by atoms with Crippen LogP contribution in [0.3, 0.4) is 0 Å². The number of nitrogens with one attached hydrogen (secondary N) is 1. The minimum absolute atomic E-state index is 0.460. The van der Waals surface area contributed by atoms with Gasteiger partial charge in [-0.25, -0.2) is 5.10 Å². The molecule has 118 valence electrons. The number of aromatic nitrogens is 4. The van der Waals surface area contributed by atoms with Crippen LogP contribution in [0.15, 0.2) is 47.7 Å². The average molecular weight is 326 g/mol. The summed E-state index contributed by atoms with van der Waals surface area (Å²) in [4.78, 5) is 2.05. The molecule has 3 aromatic rings. The molecule has 0 fully saturated rings. The predicted octanol–water partition coefficient (Wildman–Crippen LogP) is 2.89. The van der Waals surface area contributed by atoms with Crippen molar-refractivity contribution in [3.63, 3.8) is 0 Å². The fraction of sp³-hybridized carbons (Fsp3) is 0.188. The summed E-state index contributed by atoms with van der Waals surface area (Å²) in [5, 5.41) is 11.6. The highest BCUT2D eigenvalue weighted by Crippen LogP contribution is 2.21. The lowest BCUT2D eigenvalue weighted by Crippen LogP contribution is -2.08. The molecule has 0 spiro atoms. The smallest absolute Gasteiger partial charge is 0.216 e. The molecule has 0 amide bonds. The van der Waals surface area contributed by atoms with E-state index in [-0.39, 0.29) is 0 Å². The lowest BCUT2D eigenvalue weighted by Gasteiger charge is -2.12. The Kier molecular flexibility index (Phi) is 4.12. The van der Waals surface area contributed by atoms with Crippen LogP contribution in [-0.2, 0) is 7.05 Å².